The van der Waals surface area contributed by atoms with Crippen LogP contribution in [0.15, 0.2) is 24.3 Å². The largest absolute Gasteiger partial charge is 0.373 e. The summed E-state index contributed by atoms with van der Waals surface area (Å²) < 4.78 is 5.77. The fraction of sp³-hybridized carbons (Fsp3) is 0.429. The molecule has 1 amide bonds. The van der Waals surface area contributed by atoms with Gasteiger partial charge in [-0.2, -0.15) is 0 Å². The van der Waals surface area contributed by atoms with E-state index < -0.39 is 6.04 Å². The lowest BCUT2D eigenvalue weighted by molar-refractivity contribution is -0.151. The molecule has 3 rings (SSSR count). The average Bonchev–Trinajstić information content (AvgIpc) is 2.75. The van der Waals surface area contributed by atoms with Gasteiger partial charge in [-0.15, -0.1) is 0 Å². The predicted octanol–water partition coefficient (Wildman–Crippen LogP) is 1.10. The molecule has 1 aromatic carbocycles. The molecule has 4 nitrogen and oxygen atoms in total. The van der Waals surface area contributed by atoms with Crippen molar-refractivity contribution in [2.24, 2.45) is 0 Å². The molecule has 0 radical (unpaired) electrons. The van der Waals surface area contributed by atoms with Gasteiger partial charge in [0.25, 0.3) is 0 Å². The SMILES string of the molecule is CC(=O)C1CO[C@H]2Cc3ccccc3[C@H]2N1C=O. The number of carbonyl (C=O) groups is 2. The molecule has 1 heterocycles. The van der Waals surface area contributed by atoms with E-state index in [1.807, 2.05) is 18.2 Å². The Balaban J connectivity index is 2.01. The number of ether oxygens (including phenoxy) is 1. The summed E-state index contributed by atoms with van der Waals surface area (Å²) in [6, 6.07) is 7.47. The number of Topliss-reactive ketones (excluding diaryl/α,β-unsaturated/α-hetero) is 1. The summed E-state index contributed by atoms with van der Waals surface area (Å²) in [6.45, 7) is 1.81. The first-order valence-corrected chi connectivity index (χ1v) is 6.15. The minimum atomic E-state index is -0.449. The van der Waals surface area contributed by atoms with Crippen LogP contribution in [0.25, 0.3) is 0 Å². The molecule has 0 N–H and O–H groups in total. The molecule has 0 saturated carbocycles. The Morgan fingerprint density at radius 1 is 1.44 bits per heavy atom. The summed E-state index contributed by atoms with van der Waals surface area (Å²) >= 11 is 0. The van der Waals surface area contributed by atoms with Crippen molar-refractivity contribution in [3.63, 3.8) is 0 Å². The number of amides is 1. The minimum absolute atomic E-state index is 0.0109. The van der Waals surface area contributed by atoms with E-state index in [2.05, 4.69) is 6.07 Å². The number of hydrogen-bond donors (Lipinski definition) is 0. The van der Waals surface area contributed by atoms with Crippen molar-refractivity contribution in [2.75, 3.05) is 6.61 Å². The Morgan fingerprint density at radius 3 is 2.94 bits per heavy atom. The van der Waals surface area contributed by atoms with Gasteiger partial charge in [0.1, 0.15) is 6.04 Å². The summed E-state index contributed by atoms with van der Waals surface area (Å²) in [6.07, 6.45) is 1.59. The van der Waals surface area contributed by atoms with Crippen molar-refractivity contribution in [2.45, 2.75) is 31.5 Å². The van der Waals surface area contributed by atoms with Crippen LogP contribution in [0.5, 0.6) is 0 Å². The highest BCUT2D eigenvalue weighted by atomic mass is 16.5. The Morgan fingerprint density at radius 2 is 2.22 bits per heavy atom. The monoisotopic (exact) mass is 245 g/mol. The number of benzene rings is 1. The first-order chi connectivity index (χ1) is 8.72. The quantitative estimate of drug-likeness (QED) is 0.733. The molecule has 0 aromatic heterocycles. The molecule has 18 heavy (non-hydrogen) atoms. The number of hydrogen-bond acceptors (Lipinski definition) is 3. The van der Waals surface area contributed by atoms with E-state index in [1.165, 1.54) is 12.5 Å². The van der Waals surface area contributed by atoms with E-state index in [0.717, 1.165) is 18.4 Å². The third kappa shape index (κ3) is 1.56. The van der Waals surface area contributed by atoms with E-state index >= 15 is 0 Å². The maximum Gasteiger partial charge on any atom is 0.211 e. The third-order valence-corrected chi connectivity index (χ3v) is 3.89. The molecule has 1 fully saturated rings. The fourth-order valence-corrected chi connectivity index (χ4v) is 3.00. The molecule has 94 valence electrons. The van der Waals surface area contributed by atoms with Crippen LogP contribution in [0.2, 0.25) is 0 Å². The summed E-state index contributed by atoms with van der Waals surface area (Å²) in [4.78, 5) is 24.6. The maximum atomic E-state index is 11.6. The molecule has 1 aliphatic heterocycles. The lowest BCUT2D eigenvalue weighted by atomic mass is 10.0. The number of morpholine rings is 1. The first kappa shape index (κ1) is 11.4. The van der Waals surface area contributed by atoms with Crippen molar-refractivity contribution in [3.8, 4) is 0 Å². The van der Waals surface area contributed by atoms with Gasteiger partial charge >= 0.3 is 0 Å². The molecule has 4 heteroatoms. The number of fused-ring (bicyclic) bond motifs is 3. The molecule has 1 saturated heterocycles. The lowest BCUT2D eigenvalue weighted by Crippen LogP contribution is -2.52. The van der Waals surface area contributed by atoms with Gasteiger partial charge in [-0.05, 0) is 18.1 Å². The van der Waals surface area contributed by atoms with E-state index in [9.17, 15) is 9.59 Å². The zero-order valence-electron chi connectivity index (χ0n) is 10.2. The second kappa shape index (κ2) is 4.21. The minimum Gasteiger partial charge on any atom is -0.373 e. The molecule has 2 aliphatic rings. The number of nitrogens with zero attached hydrogens (tertiary/aromatic N) is 1. The second-order valence-electron chi connectivity index (χ2n) is 4.90. The maximum absolute atomic E-state index is 11.6. The Kier molecular flexibility index (Phi) is 2.67. The van der Waals surface area contributed by atoms with E-state index in [0.29, 0.717) is 6.61 Å². The number of rotatable bonds is 2. The summed E-state index contributed by atoms with van der Waals surface area (Å²) in [7, 11) is 0. The van der Waals surface area contributed by atoms with E-state index in [1.54, 1.807) is 4.90 Å². The van der Waals surface area contributed by atoms with Gasteiger partial charge in [-0.25, -0.2) is 0 Å². The molecule has 1 aliphatic carbocycles. The topological polar surface area (TPSA) is 46.6 Å². The zero-order chi connectivity index (χ0) is 12.7. The van der Waals surface area contributed by atoms with Crippen LogP contribution in [0.1, 0.15) is 24.1 Å². The van der Waals surface area contributed by atoms with Gasteiger partial charge in [0.2, 0.25) is 6.41 Å². The number of carbonyl (C=O) groups excluding carboxylic acids is 2. The first-order valence-electron chi connectivity index (χ1n) is 6.15. The smallest absolute Gasteiger partial charge is 0.211 e. The summed E-state index contributed by atoms with van der Waals surface area (Å²) in [5, 5.41) is 0. The average molecular weight is 245 g/mol. The molecule has 0 spiro atoms. The van der Waals surface area contributed by atoms with Crippen molar-refractivity contribution in [1.82, 2.24) is 4.90 Å². The van der Waals surface area contributed by atoms with Gasteiger partial charge in [-0.1, -0.05) is 24.3 Å². The van der Waals surface area contributed by atoms with Gasteiger partial charge in [0.05, 0.1) is 18.8 Å². The van der Waals surface area contributed by atoms with Gasteiger partial charge < -0.3 is 9.64 Å². The van der Waals surface area contributed by atoms with Crippen molar-refractivity contribution in [1.29, 1.82) is 0 Å². The number of ketones is 1. The van der Waals surface area contributed by atoms with Crippen LogP contribution in [0.3, 0.4) is 0 Å². The Labute approximate surface area is 106 Å². The molecule has 3 atom stereocenters. The lowest BCUT2D eigenvalue weighted by Gasteiger charge is -2.40. The van der Waals surface area contributed by atoms with Crippen LogP contribution < -0.4 is 0 Å². The molecular weight excluding hydrogens is 230 g/mol. The van der Waals surface area contributed by atoms with Crippen LogP contribution in [-0.4, -0.2) is 35.8 Å². The van der Waals surface area contributed by atoms with Gasteiger partial charge in [0, 0.05) is 6.42 Å². The molecule has 1 unspecified atom stereocenters. The van der Waals surface area contributed by atoms with Crippen molar-refractivity contribution in [3.05, 3.63) is 35.4 Å². The van der Waals surface area contributed by atoms with Gasteiger partial charge in [0.15, 0.2) is 5.78 Å². The van der Waals surface area contributed by atoms with Gasteiger partial charge in [-0.3, -0.25) is 9.59 Å². The van der Waals surface area contributed by atoms with Crippen LogP contribution in [0.4, 0.5) is 0 Å². The highest BCUT2D eigenvalue weighted by Gasteiger charge is 2.44. The highest BCUT2D eigenvalue weighted by molar-refractivity contribution is 5.84. The van der Waals surface area contributed by atoms with Crippen molar-refractivity contribution >= 4 is 12.2 Å². The fourth-order valence-electron chi connectivity index (χ4n) is 3.00. The van der Waals surface area contributed by atoms with E-state index in [4.69, 9.17) is 4.74 Å². The Bertz CT molecular complexity index is 500. The highest BCUT2D eigenvalue weighted by Crippen LogP contribution is 2.40. The predicted molar refractivity (Wildman–Crippen MR) is 65.0 cm³/mol. The zero-order valence-corrected chi connectivity index (χ0v) is 10.2. The van der Waals surface area contributed by atoms with Crippen LogP contribution in [0, 0.1) is 0 Å². The Hall–Kier alpha value is -1.68. The molecule has 1 aromatic rings. The summed E-state index contributed by atoms with van der Waals surface area (Å²) in [5.74, 6) is -0.0232. The second-order valence-corrected chi connectivity index (χ2v) is 4.90. The third-order valence-electron chi connectivity index (χ3n) is 3.89. The van der Waals surface area contributed by atoms with Crippen LogP contribution >= 0.6 is 0 Å². The van der Waals surface area contributed by atoms with Crippen molar-refractivity contribution < 1.29 is 14.3 Å². The normalized spacial score (nSPS) is 29.6. The summed E-state index contributed by atoms with van der Waals surface area (Å²) in [5.41, 5.74) is 2.32. The standard InChI is InChI=1S/C14H15NO3/c1-9(17)12-7-18-13-6-10-4-2-3-5-11(10)14(13)15(12)8-16/h2-5,8,12-14H,6-7H2,1H3/t12?,13-,14+/m0/s1. The van der Waals surface area contributed by atoms with Crippen LogP contribution in [-0.2, 0) is 20.7 Å². The molecular formula is C14H15NO3. The van der Waals surface area contributed by atoms with E-state index in [-0.39, 0.29) is 17.9 Å². The molecule has 0 bridgehead atoms.